The third kappa shape index (κ3) is 6.61. The Bertz CT molecular complexity index is 658. The average Bonchev–Trinajstić information content (AvgIpc) is 2.49. The van der Waals surface area contributed by atoms with Crippen molar-refractivity contribution in [3.63, 3.8) is 0 Å². The van der Waals surface area contributed by atoms with E-state index in [-0.39, 0.29) is 10.7 Å². The summed E-state index contributed by atoms with van der Waals surface area (Å²) >= 11 is 1.79. The number of carbonyl (C=O) groups excluding carboxylic acids is 1. The van der Waals surface area contributed by atoms with E-state index in [0.717, 1.165) is 5.69 Å². The van der Waals surface area contributed by atoms with Gasteiger partial charge in [0.2, 0.25) is 0 Å². The Labute approximate surface area is 141 Å². The van der Waals surface area contributed by atoms with Crippen LogP contribution in [0.3, 0.4) is 0 Å². The molecular weight excluding hydrogens is 306 g/mol. The van der Waals surface area contributed by atoms with E-state index in [2.05, 4.69) is 26.1 Å². The molecule has 2 rings (SSSR count). The molecule has 1 N–H and O–H groups in total. The highest BCUT2D eigenvalue weighted by Crippen LogP contribution is 2.32. The predicted molar refractivity (Wildman–Crippen MR) is 96.9 cm³/mol. The lowest BCUT2D eigenvalue weighted by atomic mass is 10.3. The molecule has 0 radical (unpaired) electrons. The number of para-hydroxylation sites is 1. The minimum atomic E-state index is -0.225. The van der Waals surface area contributed by atoms with Gasteiger partial charge in [-0.3, -0.25) is 4.79 Å². The van der Waals surface area contributed by atoms with Gasteiger partial charge in [-0.1, -0.05) is 39.0 Å². The molecule has 0 aliphatic rings. The number of benzene rings is 2. The normalized spacial score (nSPS) is 11.4. The van der Waals surface area contributed by atoms with Crippen molar-refractivity contribution in [3.05, 3.63) is 66.9 Å². The summed E-state index contributed by atoms with van der Waals surface area (Å²) < 4.78 is 5.51. The SMILES string of the molecule is CC(C)(C)Sc1ccc(NC(=O)/C=C/Oc2ccccc2)cc1. The number of carbonyl (C=O) groups is 1. The Morgan fingerprint density at radius 2 is 1.70 bits per heavy atom. The van der Waals surface area contributed by atoms with Crippen molar-refractivity contribution in [1.82, 2.24) is 0 Å². The van der Waals surface area contributed by atoms with Crippen molar-refractivity contribution in [3.8, 4) is 5.75 Å². The van der Waals surface area contributed by atoms with Crippen LogP contribution < -0.4 is 10.1 Å². The van der Waals surface area contributed by atoms with Gasteiger partial charge in [-0.05, 0) is 36.4 Å². The quantitative estimate of drug-likeness (QED) is 0.471. The van der Waals surface area contributed by atoms with Crippen molar-refractivity contribution in [1.29, 1.82) is 0 Å². The second kappa shape index (κ2) is 7.88. The molecule has 0 bridgehead atoms. The zero-order valence-corrected chi connectivity index (χ0v) is 14.4. The Balaban J connectivity index is 1.85. The first-order valence-corrected chi connectivity index (χ1v) is 8.22. The van der Waals surface area contributed by atoms with Gasteiger partial charge in [0.05, 0.1) is 6.26 Å². The highest BCUT2D eigenvalue weighted by Gasteiger charge is 2.11. The van der Waals surface area contributed by atoms with Crippen LogP contribution in [0.1, 0.15) is 20.8 Å². The topological polar surface area (TPSA) is 38.3 Å². The number of thioether (sulfide) groups is 1. The van der Waals surface area contributed by atoms with Gasteiger partial charge in [0.25, 0.3) is 5.91 Å². The minimum absolute atomic E-state index is 0.169. The average molecular weight is 327 g/mol. The molecule has 1 amide bonds. The van der Waals surface area contributed by atoms with Crippen LogP contribution in [0.25, 0.3) is 0 Å². The summed E-state index contributed by atoms with van der Waals surface area (Å²) in [7, 11) is 0. The van der Waals surface area contributed by atoms with Gasteiger partial charge in [-0.15, -0.1) is 11.8 Å². The summed E-state index contributed by atoms with van der Waals surface area (Å²) in [6, 6.07) is 17.1. The predicted octanol–water partition coefficient (Wildman–Crippen LogP) is 5.11. The molecule has 0 spiro atoms. The van der Waals surface area contributed by atoms with Gasteiger partial charge < -0.3 is 10.1 Å². The smallest absolute Gasteiger partial charge is 0.251 e. The molecule has 4 heteroatoms. The van der Waals surface area contributed by atoms with Crippen molar-refractivity contribution < 1.29 is 9.53 Å². The van der Waals surface area contributed by atoms with Crippen molar-refractivity contribution in [2.24, 2.45) is 0 Å². The maximum Gasteiger partial charge on any atom is 0.251 e. The Hall–Kier alpha value is -2.20. The van der Waals surface area contributed by atoms with E-state index in [4.69, 9.17) is 4.74 Å². The van der Waals surface area contributed by atoms with Crippen LogP contribution in [-0.2, 0) is 4.79 Å². The number of hydrogen-bond donors (Lipinski definition) is 1. The summed E-state index contributed by atoms with van der Waals surface area (Å²) in [5, 5.41) is 2.80. The molecule has 0 atom stereocenters. The zero-order valence-electron chi connectivity index (χ0n) is 13.6. The van der Waals surface area contributed by atoms with Crippen molar-refractivity contribution in [2.45, 2.75) is 30.4 Å². The van der Waals surface area contributed by atoms with Gasteiger partial charge in [0, 0.05) is 21.4 Å². The second-order valence-corrected chi connectivity index (χ2v) is 7.86. The van der Waals surface area contributed by atoms with Crippen molar-refractivity contribution in [2.75, 3.05) is 5.32 Å². The first-order chi connectivity index (χ1) is 10.9. The van der Waals surface area contributed by atoms with Crippen LogP contribution in [0, 0.1) is 0 Å². The standard InChI is InChI=1S/C19H21NO2S/c1-19(2,3)23-17-11-9-15(10-12-17)20-18(21)13-14-22-16-7-5-4-6-8-16/h4-14H,1-3H3,(H,20,21)/b14-13+. The fourth-order valence-electron chi connectivity index (χ4n) is 1.82. The molecule has 0 saturated heterocycles. The highest BCUT2D eigenvalue weighted by molar-refractivity contribution is 8.00. The molecular formula is C19H21NO2S. The molecule has 2 aromatic rings. The summed E-state index contributed by atoms with van der Waals surface area (Å²) in [6.07, 6.45) is 2.75. The maximum absolute atomic E-state index is 11.8. The monoisotopic (exact) mass is 327 g/mol. The highest BCUT2D eigenvalue weighted by atomic mass is 32.2. The van der Waals surface area contributed by atoms with Gasteiger partial charge in [0.15, 0.2) is 0 Å². The van der Waals surface area contributed by atoms with Gasteiger partial charge in [-0.25, -0.2) is 0 Å². The van der Waals surface area contributed by atoms with Crippen LogP contribution in [-0.4, -0.2) is 10.7 Å². The van der Waals surface area contributed by atoms with E-state index in [9.17, 15) is 4.79 Å². The summed E-state index contributed by atoms with van der Waals surface area (Å²) in [5.74, 6) is 0.470. The fourth-order valence-corrected chi connectivity index (χ4v) is 2.80. The summed E-state index contributed by atoms with van der Waals surface area (Å²) in [4.78, 5) is 13.0. The number of hydrogen-bond acceptors (Lipinski definition) is 3. The van der Waals surface area contributed by atoms with E-state index in [1.165, 1.54) is 17.2 Å². The third-order valence-corrected chi connectivity index (χ3v) is 3.83. The minimum Gasteiger partial charge on any atom is -0.465 e. The molecule has 0 unspecified atom stereocenters. The number of rotatable bonds is 5. The molecule has 3 nitrogen and oxygen atoms in total. The lowest BCUT2D eigenvalue weighted by Gasteiger charge is -2.17. The van der Waals surface area contributed by atoms with Crippen LogP contribution >= 0.6 is 11.8 Å². The molecule has 0 saturated carbocycles. The molecule has 23 heavy (non-hydrogen) atoms. The number of amides is 1. The first-order valence-electron chi connectivity index (χ1n) is 7.41. The fraction of sp³-hybridized carbons (Fsp3) is 0.211. The third-order valence-electron chi connectivity index (χ3n) is 2.71. The molecule has 120 valence electrons. The maximum atomic E-state index is 11.8. The molecule has 0 aromatic heterocycles. The number of anilines is 1. The largest absolute Gasteiger partial charge is 0.465 e. The van der Waals surface area contributed by atoms with Gasteiger partial charge >= 0.3 is 0 Å². The summed E-state index contributed by atoms with van der Waals surface area (Å²) in [6.45, 7) is 6.51. The Kier molecular flexibility index (Phi) is 5.88. The van der Waals surface area contributed by atoms with E-state index in [0.29, 0.717) is 5.75 Å². The van der Waals surface area contributed by atoms with Gasteiger partial charge in [0.1, 0.15) is 5.75 Å². The van der Waals surface area contributed by atoms with Crippen LogP contribution in [0.5, 0.6) is 5.75 Å². The van der Waals surface area contributed by atoms with E-state index < -0.39 is 0 Å². The first kappa shape index (κ1) is 17.2. The molecule has 0 fully saturated rings. The van der Waals surface area contributed by atoms with E-state index in [1.807, 2.05) is 54.6 Å². The Morgan fingerprint density at radius 3 is 2.30 bits per heavy atom. The number of nitrogens with one attached hydrogen (secondary N) is 1. The van der Waals surface area contributed by atoms with Crippen molar-refractivity contribution >= 4 is 23.4 Å². The summed E-state index contributed by atoms with van der Waals surface area (Å²) in [5.41, 5.74) is 0.762. The van der Waals surface area contributed by atoms with Crippen LogP contribution in [0.4, 0.5) is 5.69 Å². The molecule has 0 heterocycles. The van der Waals surface area contributed by atoms with E-state index in [1.54, 1.807) is 11.8 Å². The van der Waals surface area contributed by atoms with Gasteiger partial charge in [-0.2, -0.15) is 0 Å². The zero-order chi connectivity index (χ0) is 16.7. The second-order valence-electron chi connectivity index (χ2n) is 5.96. The molecule has 0 aliphatic carbocycles. The molecule has 2 aromatic carbocycles. The lowest BCUT2D eigenvalue weighted by Crippen LogP contribution is -2.08. The van der Waals surface area contributed by atoms with E-state index >= 15 is 0 Å². The molecule has 0 aliphatic heterocycles. The van der Waals surface area contributed by atoms with Crippen LogP contribution in [0.15, 0.2) is 71.8 Å². The van der Waals surface area contributed by atoms with Crippen LogP contribution in [0.2, 0.25) is 0 Å². The number of ether oxygens (including phenoxy) is 1. The lowest BCUT2D eigenvalue weighted by molar-refractivity contribution is -0.112. The Morgan fingerprint density at radius 1 is 1.04 bits per heavy atom.